The van der Waals surface area contributed by atoms with E-state index < -0.39 is 5.97 Å². The summed E-state index contributed by atoms with van der Waals surface area (Å²) in [6.45, 7) is 6.86. The first kappa shape index (κ1) is 14.1. The number of carboxylic acids is 1. The second-order valence-corrected chi connectivity index (χ2v) is 6.00. The first-order valence-corrected chi connectivity index (χ1v) is 7.05. The summed E-state index contributed by atoms with van der Waals surface area (Å²) in [6.07, 6.45) is 0. The predicted molar refractivity (Wildman–Crippen MR) is 78.5 cm³/mol. The molecule has 0 saturated carbocycles. The summed E-state index contributed by atoms with van der Waals surface area (Å²) >= 11 is 0. The molecule has 0 aliphatic carbocycles. The van der Waals surface area contributed by atoms with Gasteiger partial charge in [0.2, 0.25) is 5.76 Å². The molecule has 1 aliphatic rings. The number of aromatic carboxylic acids is 1. The Bertz CT molecular complexity index is 674. The molecule has 0 radical (unpaired) electrons. The minimum absolute atomic E-state index is 0.0403. The van der Waals surface area contributed by atoms with Crippen LogP contribution < -0.4 is 0 Å². The van der Waals surface area contributed by atoms with Crippen molar-refractivity contribution in [1.82, 2.24) is 4.90 Å². The van der Waals surface area contributed by atoms with Gasteiger partial charge in [-0.05, 0) is 19.9 Å². The lowest BCUT2D eigenvalue weighted by Crippen LogP contribution is -2.52. The molecule has 1 aliphatic heterocycles. The van der Waals surface area contributed by atoms with Crippen molar-refractivity contribution in [1.29, 1.82) is 0 Å². The highest BCUT2D eigenvalue weighted by atomic mass is 16.5. The summed E-state index contributed by atoms with van der Waals surface area (Å²) in [5.74, 6) is -0.981. The number of benzene rings is 1. The maximum absolute atomic E-state index is 11.5. The van der Waals surface area contributed by atoms with Crippen molar-refractivity contribution >= 4 is 16.9 Å². The van der Waals surface area contributed by atoms with Crippen LogP contribution in [-0.2, 0) is 11.3 Å². The van der Waals surface area contributed by atoms with E-state index in [-0.39, 0.29) is 11.3 Å². The summed E-state index contributed by atoms with van der Waals surface area (Å²) in [6, 6.07) is 7.46. The summed E-state index contributed by atoms with van der Waals surface area (Å²) in [5, 5.41) is 10.3. The standard InChI is InChI=1S/C16H19NO4/c1-16(2)10-20-8-7-17(16)9-12-11-5-3-4-6-13(11)21-14(12)15(18)19/h3-6H,7-10H2,1-2H3,(H,18,19). The van der Waals surface area contributed by atoms with Crippen molar-refractivity contribution in [2.24, 2.45) is 0 Å². The van der Waals surface area contributed by atoms with Gasteiger partial charge in [0.15, 0.2) is 0 Å². The molecule has 1 N–H and O–H groups in total. The minimum atomic E-state index is -1.02. The molecule has 1 aromatic carbocycles. The maximum Gasteiger partial charge on any atom is 0.372 e. The largest absolute Gasteiger partial charge is 0.475 e. The fraction of sp³-hybridized carbons (Fsp3) is 0.438. The number of carbonyl (C=O) groups is 1. The second kappa shape index (κ2) is 5.16. The molecule has 0 bridgehead atoms. The molecule has 1 fully saturated rings. The van der Waals surface area contributed by atoms with Crippen molar-refractivity contribution in [3.8, 4) is 0 Å². The van der Waals surface area contributed by atoms with E-state index in [1.54, 1.807) is 6.07 Å². The molecule has 3 rings (SSSR count). The van der Waals surface area contributed by atoms with E-state index in [1.807, 2.05) is 18.2 Å². The zero-order valence-electron chi connectivity index (χ0n) is 12.3. The predicted octanol–water partition coefficient (Wildman–Crippen LogP) is 2.74. The van der Waals surface area contributed by atoms with E-state index in [0.717, 1.165) is 17.5 Å². The number of hydrogen-bond donors (Lipinski definition) is 1. The third-order valence-corrected chi connectivity index (χ3v) is 4.06. The highest BCUT2D eigenvalue weighted by Crippen LogP contribution is 2.30. The van der Waals surface area contributed by atoms with E-state index in [2.05, 4.69) is 18.7 Å². The zero-order chi connectivity index (χ0) is 15.0. The number of morpholine rings is 1. The number of hydrogen-bond acceptors (Lipinski definition) is 4. The normalized spacial score (nSPS) is 19.0. The molecule has 1 saturated heterocycles. The summed E-state index contributed by atoms with van der Waals surface area (Å²) in [7, 11) is 0. The van der Waals surface area contributed by atoms with Gasteiger partial charge in [-0.2, -0.15) is 0 Å². The van der Waals surface area contributed by atoms with E-state index >= 15 is 0 Å². The number of ether oxygens (including phenoxy) is 1. The van der Waals surface area contributed by atoms with Gasteiger partial charge in [0.25, 0.3) is 0 Å². The SMILES string of the molecule is CC1(C)COCCN1Cc1c(C(=O)O)oc2ccccc12. The van der Waals surface area contributed by atoms with Crippen molar-refractivity contribution in [3.05, 3.63) is 35.6 Å². The molecule has 0 amide bonds. The van der Waals surface area contributed by atoms with Gasteiger partial charge in [0.1, 0.15) is 5.58 Å². The third-order valence-electron chi connectivity index (χ3n) is 4.06. The van der Waals surface area contributed by atoms with E-state index in [4.69, 9.17) is 9.15 Å². The van der Waals surface area contributed by atoms with Crippen LogP contribution in [0.1, 0.15) is 30.0 Å². The number of nitrogens with zero attached hydrogens (tertiary/aromatic N) is 1. The lowest BCUT2D eigenvalue weighted by atomic mass is 10.0. The Kier molecular flexibility index (Phi) is 3.47. The van der Waals surface area contributed by atoms with E-state index in [1.165, 1.54) is 0 Å². The highest BCUT2D eigenvalue weighted by molar-refractivity contribution is 5.95. The smallest absolute Gasteiger partial charge is 0.372 e. The Morgan fingerprint density at radius 2 is 2.14 bits per heavy atom. The van der Waals surface area contributed by atoms with Crippen molar-refractivity contribution < 1.29 is 19.1 Å². The summed E-state index contributed by atoms with van der Waals surface area (Å²) < 4.78 is 11.0. The van der Waals surface area contributed by atoms with Crippen LogP contribution in [0, 0.1) is 0 Å². The Hall–Kier alpha value is -1.85. The molecule has 5 heteroatoms. The molecule has 0 unspecified atom stereocenters. The molecule has 0 spiro atoms. The van der Waals surface area contributed by atoms with Gasteiger partial charge in [-0.15, -0.1) is 0 Å². The number of furan rings is 1. The Labute approximate surface area is 123 Å². The first-order chi connectivity index (χ1) is 9.99. The van der Waals surface area contributed by atoms with Gasteiger partial charge in [0, 0.05) is 29.6 Å². The molecular formula is C16H19NO4. The first-order valence-electron chi connectivity index (χ1n) is 7.05. The lowest BCUT2D eigenvalue weighted by Gasteiger charge is -2.42. The highest BCUT2D eigenvalue weighted by Gasteiger charge is 2.32. The quantitative estimate of drug-likeness (QED) is 0.941. The van der Waals surface area contributed by atoms with Crippen molar-refractivity contribution in [3.63, 3.8) is 0 Å². The number of para-hydroxylation sites is 1. The molecular weight excluding hydrogens is 270 g/mol. The van der Waals surface area contributed by atoms with E-state index in [0.29, 0.717) is 25.3 Å². The molecule has 5 nitrogen and oxygen atoms in total. The van der Waals surface area contributed by atoms with Gasteiger partial charge in [-0.25, -0.2) is 4.79 Å². The third kappa shape index (κ3) is 2.54. The minimum Gasteiger partial charge on any atom is -0.475 e. The van der Waals surface area contributed by atoms with Crippen LogP contribution in [0.4, 0.5) is 0 Å². The molecule has 1 aromatic heterocycles. The van der Waals surface area contributed by atoms with Gasteiger partial charge in [0.05, 0.1) is 13.2 Å². The summed E-state index contributed by atoms with van der Waals surface area (Å²) in [5.41, 5.74) is 1.25. The van der Waals surface area contributed by atoms with Crippen LogP contribution in [0.2, 0.25) is 0 Å². The molecule has 112 valence electrons. The van der Waals surface area contributed by atoms with Gasteiger partial charge in [-0.1, -0.05) is 18.2 Å². The van der Waals surface area contributed by atoms with Crippen molar-refractivity contribution in [2.75, 3.05) is 19.8 Å². The van der Waals surface area contributed by atoms with E-state index in [9.17, 15) is 9.90 Å². The fourth-order valence-corrected chi connectivity index (χ4v) is 2.80. The van der Waals surface area contributed by atoms with Crippen LogP contribution in [0.3, 0.4) is 0 Å². The summed E-state index contributed by atoms with van der Waals surface area (Å²) in [4.78, 5) is 13.7. The Morgan fingerprint density at radius 3 is 2.86 bits per heavy atom. The topological polar surface area (TPSA) is 62.9 Å². The fourth-order valence-electron chi connectivity index (χ4n) is 2.80. The molecule has 0 atom stereocenters. The Morgan fingerprint density at radius 1 is 1.38 bits per heavy atom. The van der Waals surface area contributed by atoms with Gasteiger partial charge < -0.3 is 14.3 Å². The Balaban J connectivity index is 2.02. The number of carboxylic acid groups (broad SMARTS) is 1. The van der Waals surface area contributed by atoms with Gasteiger partial charge in [-0.3, -0.25) is 4.90 Å². The molecule has 2 heterocycles. The van der Waals surface area contributed by atoms with Gasteiger partial charge >= 0.3 is 5.97 Å². The lowest BCUT2D eigenvalue weighted by molar-refractivity contribution is -0.0553. The maximum atomic E-state index is 11.5. The van der Waals surface area contributed by atoms with Crippen LogP contribution in [-0.4, -0.2) is 41.3 Å². The average molecular weight is 289 g/mol. The van der Waals surface area contributed by atoms with Crippen LogP contribution >= 0.6 is 0 Å². The molecule has 2 aromatic rings. The molecule has 21 heavy (non-hydrogen) atoms. The average Bonchev–Trinajstić information content (AvgIpc) is 2.80. The van der Waals surface area contributed by atoms with Crippen LogP contribution in [0.25, 0.3) is 11.0 Å². The number of rotatable bonds is 3. The van der Waals surface area contributed by atoms with Crippen LogP contribution in [0.5, 0.6) is 0 Å². The van der Waals surface area contributed by atoms with Crippen molar-refractivity contribution in [2.45, 2.75) is 25.9 Å². The zero-order valence-corrected chi connectivity index (χ0v) is 12.3. The van der Waals surface area contributed by atoms with Crippen LogP contribution in [0.15, 0.2) is 28.7 Å². The second-order valence-electron chi connectivity index (χ2n) is 6.00. The number of fused-ring (bicyclic) bond motifs is 1. The monoisotopic (exact) mass is 289 g/mol.